The maximum atomic E-state index is 3.53. The summed E-state index contributed by atoms with van der Waals surface area (Å²) < 4.78 is 1.19. The molecule has 1 nitrogen and oxygen atoms in total. The standard InChI is InChI=1S/C14H20BrN/c1-2-4-12-7-8-16(10-12)11-13-5-3-6-14(15)9-13/h3,5-6,9,12H,2,4,7-8,10-11H2,1H3. The molecule has 0 amide bonds. The summed E-state index contributed by atoms with van der Waals surface area (Å²) in [5.74, 6) is 0.942. The first-order chi connectivity index (χ1) is 7.78. The van der Waals surface area contributed by atoms with Crippen LogP contribution in [0.25, 0.3) is 0 Å². The summed E-state index contributed by atoms with van der Waals surface area (Å²) in [7, 11) is 0. The van der Waals surface area contributed by atoms with Crippen LogP contribution < -0.4 is 0 Å². The second kappa shape index (κ2) is 5.83. The molecule has 0 N–H and O–H groups in total. The maximum absolute atomic E-state index is 3.53. The monoisotopic (exact) mass is 281 g/mol. The fourth-order valence-electron chi connectivity index (χ4n) is 2.59. The van der Waals surface area contributed by atoms with Gasteiger partial charge in [-0.15, -0.1) is 0 Å². The van der Waals surface area contributed by atoms with Gasteiger partial charge in [0.1, 0.15) is 0 Å². The van der Waals surface area contributed by atoms with Crippen LogP contribution in [0.2, 0.25) is 0 Å². The molecule has 1 unspecified atom stereocenters. The van der Waals surface area contributed by atoms with Crippen molar-refractivity contribution in [2.24, 2.45) is 5.92 Å². The van der Waals surface area contributed by atoms with Crippen molar-refractivity contribution in [2.45, 2.75) is 32.7 Å². The molecule has 1 aromatic carbocycles. The fourth-order valence-corrected chi connectivity index (χ4v) is 3.04. The third kappa shape index (κ3) is 3.33. The molecule has 1 saturated heterocycles. The zero-order valence-electron chi connectivity index (χ0n) is 9.95. The average Bonchev–Trinajstić information content (AvgIpc) is 2.66. The van der Waals surface area contributed by atoms with Crippen molar-refractivity contribution in [1.82, 2.24) is 4.90 Å². The van der Waals surface area contributed by atoms with Crippen LogP contribution in [0.4, 0.5) is 0 Å². The van der Waals surface area contributed by atoms with Gasteiger partial charge in [0.05, 0.1) is 0 Å². The molecule has 16 heavy (non-hydrogen) atoms. The molecule has 0 bridgehead atoms. The van der Waals surface area contributed by atoms with E-state index in [1.54, 1.807) is 0 Å². The van der Waals surface area contributed by atoms with Crippen molar-refractivity contribution in [3.05, 3.63) is 34.3 Å². The smallest absolute Gasteiger partial charge is 0.0234 e. The van der Waals surface area contributed by atoms with Crippen LogP contribution in [0.5, 0.6) is 0 Å². The molecule has 1 aromatic rings. The molecule has 0 aliphatic carbocycles. The normalized spacial score (nSPS) is 21.5. The molecular weight excluding hydrogens is 262 g/mol. The Balaban J connectivity index is 1.87. The lowest BCUT2D eigenvalue weighted by Gasteiger charge is -2.16. The van der Waals surface area contributed by atoms with Crippen LogP contribution in [0.1, 0.15) is 31.7 Å². The van der Waals surface area contributed by atoms with Crippen LogP contribution in [0.15, 0.2) is 28.7 Å². The molecule has 1 aliphatic rings. The van der Waals surface area contributed by atoms with Crippen LogP contribution in [-0.4, -0.2) is 18.0 Å². The predicted molar refractivity (Wildman–Crippen MR) is 72.4 cm³/mol. The predicted octanol–water partition coefficient (Wildman–Crippen LogP) is 4.07. The number of likely N-dealkylation sites (tertiary alicyclic amines) is 1. The maximum Gasteiger partial charge on any atom is 0.0234 e. The van der Waals surface area contributed by atoms with Gasteiger partial charge in [-0.3, -0.25) is 4.90 Å². The third-order valence-electron chi connectivity index (χ3n) is 3.36. The van der Waals surface area contributed by atoms with Gasteiger partial charge in [0.2, 0.25) is 0 Å². The fraction of sp³-hybridized carbons (Fsp3) is 0.571. The first-order valence-corrected chi connectivity index (χ1v) is 7.04. The Morgan fingerprint density at radius 1 is 1.44 bits per heavy atom. The minimum Gasteiger partial charge on any atom is -0.299 e. The number of rotatable bonds is 4. The molecule has 1 aliphatic heterocycles. The van der Waals surface area contributed by atoms with E-state index < -0.39 is 0 Å². The van der Waals surface area contributed by atoms with E-state index in [0.717, 1.165) is 12.5 Å². The van der Waals surface area contributed by atoms with Crippen LogP contribution in [0.3, 0.4) is 0 Å². The van der Waals surface area contributed by atoms with Gasteiger partial charge in [-0.05, 0) is 43.0 Å². The summed E-state index contributed by atoms with van der Waals surface area (Å²) in [6.45, 7) is 5.97. The average molecular weight is 282 g/mol. The van der Waals surface area contributed by atoms with E-state index in [1.165, 1.54) is 42.4 Å². The van der Waals surface area contributed by atoms with E-state index in [0.29, 0.717) is 0 Å². The lowest BCUT2D eigenvalue weighted by molar-refractivity contribution is 0.313. The van der Waals surface area contributed by atoms with Crippen molar-refractivity contribution in [3.63, 3.8) is 0 Å². The van der Waals surface area contributed by atoms with Gasteiger partial charge in [0.15, 0.2) is 0 Å². The molecular formula is C14H20BrN. The van der Waals surface area contributed by atoms with E-state index in [2.05, 4.69) is 52.0 Å². The summed E-state index contributed by atoms with van der Waals surface area (Å²) >= 11 is 3.53. The number of benzene rings is 1. The number of hydrogen-bond acceptors (Lipinski definition) is 1. The Hall–Kier alpha value is -0.340. The number of hydrogen-bond donors (Lipinski definition) is 0. The zero-order chi connectivity index (χ0) is 11.4. The summed E-state index contributed by atoms with van der Waals surface area (Å²) in [5, 5.41) is 0. The highest BCUT2D eigenvalue weighted by atomic mass is 79.9. The number of halogens is 1. The Kier molecular flexibility index (Phi) is 4.42. The van der Waals surface area contributed by atoms with E-state index >= 15 is 0 Å². The van der Waals surface area contributed by atoms with Crippen molar-refractivity contribution in [1.29, 1.82) is 0 Å². The Labute approximate surface area is 107 Å². The lowest BCUT2D eigenvalue weighted by Crippen LogP contribution is -2.20. The van der Waals surface area contributed by atoms with E-state index in [1.807, 2.05) is 0 Å². The van der Waals surface area contributed by atoms with Gasteiger partial charge in [0.25, 0.3) is 0 Å². The van der Waals surface area contributed by atoms with Gasteiger partial charge >= 0.3 is 0 Å². The molecule has 1 heterocycles. The topological polar surface area (TPSA) is 3.24 Å². The zero-order valence-corrected chi connectivity index (χ0v) is 11.5. The summed E-state index contributed by atoms with van der Waals surface area (Å²) in [6.07, 6.45) is 4.12. The SMILES string of the molecule is CCCC1CCN(Cc2cccc(Br)c2)C1. The third-order valence-corrected chi connectivity index (χ3v) is 3.86. The Bertz CT molecular complexity index is 337. The Morgan fingerprint density at radius 2 is 2.31 bits per heavy atom. The second-order valence-corrected chi connectivity index (χ2v) is 5.72. The lowest BCUT2D eigenvalue weighted by atomic mass is 10.0. The summed E-state index contributed by atoms with van der Waals surface area (Å²) in [5.41, 5.74) is 1.42. The van der Waals surface area contributed by atoms with Gasteiger partial charge in [-0.25, -0.2) is 0 Å². The first-order valence-electron chi connectivity index (χ1n) is 6.24. The van der Waals surface area contributed by atoms with Crippen LogP contribution in [-0.2, 0) is 6.54 Å². The molecule has 0 radical (unpaired) electrons. The summed E-state index contributed by atoms with van der Waals surface area (Å²) in [6, 6.07) is 8.66. The second-order valence-electron chi connectivity index (χ2n) is 4.81. The van der Waals surface area contributed by atoms with Crippen molar-refractivity contribution in [3.8, 4) is 0 Å². The highest BCUT2D eigenvalue weighted by Crippen LogP contribution is 2.23. The van der Waals surface area contributed by atoms with Gasteiger partial charge < -0.3 is 0 Å². The van der Waals surface area contributed by atoms with Gasteiger partial charge in [-0.2, -0.15) is 0 Å². The molecule has 0 spiro atoms. The molecule has 88 valence electrons. The molecule has 1 atom stereocenters. The van der Waals surface area contributed by atoms with Gasteiger partial charge in [0, 0.05) is 17.6 Å². The quantitative estimate of drug-likeness (QED) is 0.804. The first kappa shape index (κ1) is 12.1. The highest BCUT2D eigenvalue weighted by Gasteiger charge is 2.21. The molecule has 2 rings (SSSR count). The molecule has 0 saturated carbocycles. The summed E-state index contributed by atoms with van der Waals surface area (Å²) in [4.78, 5) is 2.59. The Morgan fingerprint density at radius 3 is 3.06 bits per heavy atom. The van der Waals surface area contributed by atoms with Gasteiger partial charge in [-0.1, -0.05) is 41.4 Å². The minimum atomic E-state index is 0.942. The molecule has 1 fully saturated rings. The largest absolute Gasteiger partial charge is 0.299 e. The number of nitrogens with zero attached hydrogens (tertiary/aromatic N) is 1. The van der Waals surface area contributed by atoms with Crippen molar-refractivity contribution < 1.29 is 0 Å². The van der Waals surface area contributed by atoms with E-state index in [-0.39, 0.29) is 0 Å². The van der Waals surface area contributed by atoms with E-state index in [4.69, 9.17) is 0 Å². The van der Waals surface area contributed by atoms with Crippen LogP contribution >= 0.6 is 15.9 Å². The van der Waals surface area contributed by atoms with Crippen LogP contribution in [0, 0.1) is 5.92 Å². The molecule has 2 heteroatoms. The van der Waals surface area contributed by atoms with Crippen molar-refractivity contribution in [2.75, 3.05) is 13.1 Å². The van der Waals surface area contributed by atoms with Crippen molar-refractivity contribution >= 4 is 15.9 Å². The van der Waals surface area contributed by atoms with E-state index in [9.17, 15) is 0 Å². The highest BCUT2D eigenvalue weighted by molar-refractivity contribution is 9.10. The molecule has 0 aromatic heterocycles. The minimum absolute atomic E-state index is 0.942.